The van der Waals surface area contributed by atoms with Crippen LogP contribution < -0.4 is 19.5 Å². The maximum atomic E-state index is 13.5. The van der Waals surface area contributed by atoms with E-state index in [1.165, 1.54) is 36.0 Å². The molecule has 1 heterocycles. The highest BCUT2D eigenvalue weighted by Gasteiger charge is 2.36. The molecular formula is C31H34FN3O5S. The molecule has 3 aromatic rings. The number of thioether (sulfide) groups is 1. The van der Waals surface area contributed by atoms with Gasteiger partial charge in [0.1, 0.15) is 16.8 Å². The zero-order chi connectivity index (χ0) is 29.2. The molecule has 0 aromatic heterocycles. The first-order valence-corrected chi connectivity index (χ1v) is 14.5. The third-order valence-electron chi connectivity index (χ3n) is 6.13. The molecule has 1 saturated heterocycles. The fourth-order valence-corrected chi connectivity index (χ4v) is 5.36. The van der Waals surface area contributed by atoms with Crippen molar-refractivity contribution in [2.24, 2.45) is 4.99 Å². The van der Waals surface area contributed by atoms with Crippen molar-refractivity contribution in [2.45, 2.75) is 38.9 Å². The lowest BCUT2D eigenvalue weighted by Gasteiger charge is -2.32. The number of halogens is 1. The maximum absolute atomic E-state index is 13.5. The third kappa shape index (κ3) is 8.23. The van der Waals surface area contributed by atoms with Crippen LogP contribution in [0, 0.1) is 5.82 Å². The summed E-state index contributed by atoms with van der Waals surface area (Å²) in [4.78, 5) is 32.9. The Morgan fingerprint density at radius 2 is 1.71 bits per heavy atom. The molecule has 0 radical (unpaired) electrons. The number of rotatable bonds is 12. The fourth-order valence-electron chi connectivity index (χ4n) is 4.23. The predicted molar refractivity (Wildman–Crippen MR) is 160 cm³/mol. The highest BCUT2D eigenvalue weighted by Crippen LogP contribution is 2.32. The Labute approximate surface area is 243 Å². The number of amidine groups is 1. The van der Waals surface area contributed by atoms with Gasteiger partial charge in [-0.05, 0) is 81.3 Å². The van der Waals surface area contributed by atoms with Crippen LogP contribution in [-0.2, 0) is 16.0 Å². The molecule has 1 N–H and O–H groups in total. The van der Waals surface area contributed by atoms with Crippen LogP contribution >= 0.6 is 11.8 Å². The van der Waals surface area contributed by atoms with E-state index in [0.717, 1.165) is 5.56 Å². The summed E-state index contributed by atoms with van der Waals surface area (Å²) in [5.74, 6) is 1.05. The number of nitrogens with zero attached hydrogens (tertiary/aromatic N) is 2. The van der Waals surface area contributed by atoms with Crippen LogP contribution in [0.3, 0.4) is 0 Å². The first-order chi connectivity index (χ1) is 19.9. The first-order valence-electron chi connectivity index (χ1n) is 13.6. The van der Waals surface area contributed by atoms with Gasteiger partial charge in [-0.1, -0.05) is 23.9 Å². The monoisotopic (exact) mass is 579 g/mol. The summed E-state index contributed by atoms with van der Waals surface area (Å²) >= 11 is 1.21. The molecule has 1 aliphatic rings. The molecule has 0 bridgehead atoms. The Balaban J connectivity index is 1.53. The van der Waals surface area contributed by atoms with E-state index >= 15 is 0 Å². The van der Waals surface area contributed by atoms with E-state index in [9.17, 15) is 14.0 Å². The van der Waals surface area contributed by atoms with Gasteiger partial charge in [-0.3, -0.25) is 14.5 Å². The Hall–Kier alpha value is -4.05. The van der Waals surface area contributed by atoms with Crippen molar-refractivity contribution in [3.8, 4) is 17.2 Å². The van der Waals surface area contributed by atoms with Crippen molar-refractivity contribution in [2.75, 3.05) is 31.7 Å². The van der Waals surface area contributed by atoms with Gasteiger partial charge in [0, 0.05) is 24.7 Å². The second kappa shape index (κ2) is 14.5. The fraction of sp³-hybridized carbons (Fsp3) is 0.323. The number of aliphatic imine (C=N–C) groups is 1. The van der Waals surface area contributed by atoms with E-state index in [0.29, 0.717) is 66.6 Å². The van der Waals surface area contributed by atoms with Gasteiger partial charge in [0.2, 0.25) is 11.8 Å². The molecule has 0 aliphatic carbocycles. The molecule has 10 heteroatoms. The summed E-state index contributed by atoms with van der Waals surface area (Å²) in [5, 5.41) is 2.58. The number of carbonyl (C=O) groups is 2. The van der Waals surface area contributed by atoms with Gasteiger partial charge < -0.3 is 19.5 Å². The smallest absolute Gasteiger partial charge is 0.238 e. The number of nitrogens with one attached hydrogen (secondary N) is 1. The number of anilines is 1. The Kier molecular flexibility index (Phi) is 10.6. The summed E-state index contributed by atoms with van der Waals surface area (Å²) in [6, 6.07) is 18.5. The lowest BCUT2D eigenvalue weighted by molar-refractivity contribution is -0.129. The summed E-state index contributed by atoms with van der Waals surface area (Å²) in [7, 11) is 0. The Morgan fingerprint density at radius 1 is 0.976 bits per heavy atom. The number of carbonyl (C=O) groups excluding carboxylic acids is 2. The van der Waals surface area contributed by atoms with Crippen molar-refractivity contribution >= 4 is 40.1 Å². The highest BCUT2D eigenvalue weighted by molar-refractivity contribution is 8.15. The average Bonchev–Trinajstić information content (AvgIpc) is 2.95. The van der Waals surface area contributed by atoms with Crippen LogP contribution in [-0.4, -0.2) is 53.5 Å². The van der Waals surface area contributed by atoms with Gasteiger partial charge in [0.05, 0.1) is 25.5 Å². The molecule has 0 spiro atoms. The Morgan fingerprint density at radius 3 is 2.44 bits per heavy atom. The summed E-state index contributed by atoms with van der Waals surface area (Å²) in [6.07, 6.45) is 0.542. The standard InChI is InChI=1S/C31H34FN3O5S/c1-4-38-25-9-7-8-24(19-25)33-30(37)28-20-29(36)35(31(41-28)34-23-13-11-22(32)12-14-23)17-16-21-10-15-26(39-5-2)27(18-21)40-6-3/h7-15,18-19,28H,4-6,16-17,20H2,1-3H3,(H,33,37)/t28-/m1/s1. The summed E-state index contributed by atoms with van der Waals surface area (Å²) in [6.45, 7) is 7.58. The van der Waals surface area contributed by atoms with Crippen LogP contribution in [0.4, 0.5) is 15.8 Å². The van der Waals surface area contributed by atoms with Crippen LogP contribution in [0.25, 0.3) is 0 Å². The zero-order valence-electron chi connectivity index (χ0n) is 23.4. The van der Waals surface area contributed by atoms with E-state index in [1.54, 1.807) is 23.1 Å². The molecule has 0 unspecified atom stereocenters. The van der Waals surface area contributed by atoms with Crippen LogP contribution in [0.1, 0.15) is 32.8 Å². The Bertz CT molecular complexity index is 1380. The first kappa shape index (κ1) is 29.9. The summed E-state index contributed by atoms with van der Waals surface area (Å²) in [5.41, 5.74) is 2.02. The number of amides is 2. The van der Waals surface area contributed by atoms with Crippen molar-refractivity contribution in [3.63, 3.8) is 0 Å². The average molecular weight is 580 g/mol. The van der Waals surface area contributed by atoms with E-state index < -0.39 is 5.25 Å². The molecule has 3 aromatic carbocycles. The van der Waals surface area contributed by atoms with Gasteiger partial charge in [0.25, 0.3) is 0 Å². The number of ether oxygens (including phenoxy) is 3. The van der Waals surface area contributed by atoms with Crippen molar-refractivity contribution in [1.82, 2.24) is 4.90 Å². The molecular weight excluding hydrogens is 545 g/mol. The van der Waals surface area contributed by atoms with E-state index in [1.807, 2.05) is 45.0 Å². The lowest BCUT2D eigenvalue weighted by atomic mass is 10.1. The van der Waals surface area contributed by atoms with Crippen LogP contribution in [0.2, 0.25) is 0 Å². The van der Waals surface area contributed by atoms with Gasteiger partial charge in [-0.15, -0.1) is 0 Å². The number of hydrogen-bond acceptors (Lipinski definition) is 7. The van der Waals surface area contributed by atoms with E-state index in [4.69, 9.17) is 14.2 Å². The van der Waals surface area contributed by atoms with Crippen molar-refractivity contribution in [3.05, 3.63) is 78.1 Å². The van der Waals surface area contributed by atoms with Gasteiger partial charge in [0.15, 0.2) is 16.7 Å². The second-order valence-corrected chi connectivity index (χ2v) is 10.2. The molecule has 4 rings (SSSR count). The normalized spacial score (nSPS) is 16.0. The topological polar surface area (TPSA) is 89.5 Å². The lowest BCUT2D eigenvalue weighted by Crippen LogP contribution is -2.46. The van der Waals surface area contributed by atoms with E-state index in [-0.39, 0.29) is 24.1 Å². The minimum absolute atomic E-state index is 0.0115. The van der Waals surface area contributed by atoms with Crippen molar-refractivity contribution < 1.29 is 28.2 Å². The molecule has 0 saturated carbocycles. The second-order valence-electron chi connectivity index (χ2n) is 9.07. The maximum Gasteiger partial charge on any atom is 0.238 e. The molecule has 1 fully saturated rings. The largest absolute Gasteiger partial charge is 0.494 e. The molecule has 2 amide bonds. The molecule has 41 heavy (non-hydrogen) atoms. The predicted octanol–water partition coefficient (Wildman–Crippen LogP) is 6.22. The van der Waals surface area contributed by atoms with Crippen LogP contribution in [0.15, 0.2) is 71.7 Å². The molecule has 216 valence electrons. The van der Waals surface area contributed by atoms with Crippen LogP contribution in [0.5, 0.6) is 17.2 Å². The quantitative estimate of drug-likeness (QED) is 0.274. The number of hydrogen-bond donors (Lipinski definition) is 1. The zero-order valence-corrected chi connectivity index (χ0v) is 24.2. The van der Waals surface area contributed by atoms with Gasteiger partial charge >= 0.3 is 0 Å². The van der Waals surface area contributed by atoms with Gasteiger partial charge in [-0.25, -0.2) is 9.38 Å². The molecule has 1 atom stereocenters. The summed E-state index contributed by atoms with van der Waals surface area (Å²) < 4.78 is 30.5. The highest BCUT2D eigenvalue weighted by atomic mass is 32.2. The van der Waals surface area contributed by atoms with E-state index in [2.05, 4.69) is 10.3 Å². The number of benzene rings is 3. The molecule has 1 aliphatic heterocycles. The SMILES string of the molecule is CCOc1cccc(NC(=O)[C@H]2CC(=O)N(CCc3ccc(OCC)c(OCC)c3)C(=Nc3ccc(F)cc3)S2)c1. The third-order valence-corrected chi connectivity index (χ3v) is 7.32. The molecule has 8 nitrogen and oxygen atoms in total. The minimum atomic E-state index is -0.691. The minimum Gasteiger partial charge on any atom is -0.494 e. The van der Waals surface area contributed by atoms with Crippen molar-refractivity contribution in [1.29, 1.82) is 0 Å². The van der Waals surface area contributed by atoms with Gasteiger partial charge in [-0.2, -0.15) is 0 Å².